The molecule has 1 aromatic heterocycles. The van der Waals surface area contributed by atoms with E-state index in [9.17, 15) is 13.2 Å². The van der Waals surface area contributed by atoms with Gasteiger partial charge in [-0.05, 0) is 88.4 Å². The molecule has 35 heavy (non-hydrogen) atoms. The number of amides is 1. The Labute approximate surface area is 217 Å². The van der Waals surface area contributed by atoms with Gasteiger partial charge in [0.1, 0.15) is 5.75 Å². The number of ether oxygens (including phenoxy) is 1. The molecule has 3 aromatic rings. The molecule has 0 saturated heterocycles. The molecular weight excluding hydrogens is 554 g/mol. The van der Waals surface area contributed by atoms with Gasteiger partial charge in [0.2, 0.25) is 5.95 Å². The van der Waals surface area contributed by atoms with Crippen LogP contribution >= 0.6 is 28.1 Å². The number of thiocarbonyl (C=S) groups is 1. The van der Waals surface area contributed by atoms with Crippen LogP contribution in [-0.2, 0) is 10.0 Å². The van der Waals surface area contributed by atoms with Gasteiger partial charge in [-0.15, -0.1) is 0 Å². The standard InChI is InChI=1S/C23H24BrN5O4S2/c1-13(2)33-20-10-5-16(24)12-19(20)21(30)28-23(34)27-17-6-8-18(9-7-17)35(31,32)29-22-25-14(3)11-15(4)26-22/h5-13H,1-4H3,(H,25,26,29)(H2,27,28,30,34). The molecule has 1 heterocycles. The summed E-state index contributed by atoms with van der Waals surface area (Å²) in [6, 6.07) is 12.7. The largest absolute Gasteiger partial charge is 0.490 e. The molecule has 184 valence electrons. The summed E-state index contributed by atoms with van der Waals surface area (Å²) in [4.78, 5) is 21.0. The van der Waals surface area contributed by atoms with Crippen molar-refractivity contribution in [2.45, 2.75) is 38.7 Å². The van der Waals surface area contributed by atoms with Crippen molar-refractivity contribution in [1.82, 2.24) is 15.3 Å². The number of hydrogen-bond donors (Lipinski definition) is 3. The quantitative estimate of drug-likeness (QED) is 0.349. The van der Waals surface area contributed by atoms with Crippen LogP contribution in [0, 0.1) is 13.8 Å². The van der Waals surface area contributed by atoms with Crippen LogP contribution in [0.4, 0.5) is 11.6 Å². The third kappa shape index (κ3) is 7.44. The number of nitrogens with zero attached hydrogens (tertiary/aromatic N) is 2. The number of benzene rings is 2. The third-order valence-electron chi connectivity index (χ3n) is 4.41. The van der Waals surface area contributed by atoms with Gasteiger partial charge in [-0.3, -0.25) is 10.1 Å². The Kier molecular flexibility index (Phi) is 8.41. The molecule has 0 saturated carbocycles. The SMILES string of the molecule is Cc1cc(C)nc(NS(=O)(=O)c2ccc(NC(=S)NC(=O)c3cc(Br)ccc3OC(C)C)cc2)n1. The fourth-order valence-corrected chi connectivity index (χ4v) is 4.55. The lowest BCUT2D eigenvalue weighted by molar-refractivity contribution is 0.0972. The van der Waals surface area contributed by atoms with E-state index in [1.807, 2.05) is 13.8 Å². The predicted molar refractivity (Wildman–Crippen MR) is 142 cm³/mol. The Morgan fingerprint density at radius 1 is 1.03 bits per heavy atom. The zero-order chi connectivity index (χ0) is 25.8. The summed E-state index contributed by atoms with van der Waals surface area (Å²) >= 11 is 8.61. The number of carbonyl (C=O) groups excluding carboxylic acids is 1. The summed E-state index contributed by atoms with van der Waals surface area (Å²) in [5, 5.41) is 5.52. The number of aromatic nitrogens is 2. The van der Waals surface area contributed by atoms with Gasteiger partial charge in [0.25, 0.3) is 15.9 Å². The molecule has 0 radical (unpaired) electrons. The fourth-order valence-electron chi connectivity index (χ4n) is 3.04. The first-order chi connectivity index (χ1) is 16.4. The van der Waals surface area contributed by atoms with E-state index in [2.05, 4.69) is 41.3 Å². The summed E-state index contributed by atoms with van der Waals surface area (Å²) in [7, 11) is -3.89. The molecule has 12 heteroatoms. The van der Waals surface area contributed by atoms with Gasteiger partial charge >= 0.3 is 0 Å². The van der Waals surface area contributed by atoms with Crippen molar-refractivity contribution in [3.8, 4) is 5.75 Å². The number of nitrogens with one attached hydrogen (secondary N) is 3. The molecule has 0 bridgehead atoms. The number of hydrogen-bond acceptors (Lipinski definition) is 7. The van der Waals surface area contributed by atoms with Crippen LogP contribution in [0.5, 0.6) is 5.75 Å². The smallest absolute Gasteiger partial charge is 0.264 e. The molecule has 0 fully saturated rings. The Morgan fingerprint density at radius 3 is 2.26 bits per heavy atom. The normalized spacial score (nSPS) is 11.1. The highest BCUT2D eigenvalue weighted by Crippen LogP contribution is 2.24. The summed E-state index contributed by atoms with van der Waals surface area (Å²) in [5.74, 6) is -0.0170. The van der Waals surface area contributed by atoms with Crippen LogP contribution in [0.1, 0.15) is 35.6 Å². The molecule has 2 aromatic carbocycles. The summed E-state index contributed by atoms with van der Waals surface area (Å²) < 4.78 is 34.2. The summed E-state index contributed by atoms with van der Waals surface area (Å²) in [6.07, 6.45) is -0.112. The van der Waals surface area contributed by atoms with Gasteiger partial charge in [0, 0.05) is 21.5 Å². The van der Waals surface area contributed by atoms with E-state index < -0.39 is 15.9 Å². The first-order valence-corrected chi connectivity index (χ1v) is 13.1. The van der Waals surface area contributed by atoms with Crippen molar-refractivity contribution in [2.24, 2.45) is 0 Å². The van der Waals surface area contributed by atoms with Crippen LogP contribution in [0.3, 0.4) is 0 Å². The van der Waals surface area contributed by atoms with E-state index >= 15 is 0 Å². The molecule has 0 atom stereocenters. The monoisotopic (exact) mass is 577 g/mol. The Bertz CT molecular complexity index is 1340. The van der Waals surface area contributed by atoms with Crippen molar-refractivity contribution >= 4 is 60.8 Å². The summed E-state index contributed by atoms with van der Waals surface area (Å²) in [5.41, 5.74) is 2.11. The number of rotatable bonds is 7. The van der Waals surface area contributed by atoms with Crippen molar-refractivity contribution < 1.29 is 17.9 Å². The average Bonchev–Trinajstić information content (AvgIpc) is 2.73. The summed E-state index contributed by atoms with van der Waals surface area (Å²) in [6.45, 7) is 7.24. The molecule has 1 amide bonds. The highest BCUT2D eigenvalue weighted by atomic mass is 79.9. The average molecular weight is 579 g/mol. The lowest BCUT2D eigenvalue weighted by Crippen LogP contribution is -2.34. The number of anilines is 2. The molecule has 0 spiro atoms. The highest BCUT2D eigenvalue weighted by Gasteiger charge is 2.18. The van der Waals surface area contributed by atoms with Crippen LogP contribution in [-0.4, -0.2) is 35.5 Å². The molecule has 3 rings (SSSR count). The maximum absolute atomic E-state index is 12.8. The lowest BCUT2D eigenvalue weighted by atomic mass is 10.2. The van der Waals surface area contributed by atoms with Gasteiger partial charge in [0.15, 0.2) is 5.11 Å². The molecule has 0 aliphatic carbocycles. The Balaban J connectivity index is 1.67. The second-order valence-electron chi connectivity index (χ2n) is 7.82. The fraction of sp³-hybridized carbons (Fsp3) is 0.217. The third-order valence-corrected chi connectivity index (χ3v) is 6.45. The van der Waals surface area contributed by atoms with Crippen molar-refractivity contribution in [3.05, 3.63) is 70.0 Å². The number of aryl methyl sites for hydroxylation is 2. The van der Waals surface area contributed by atoms with Gasteiger partial charge in [-0.25, -0.2) is 23.1 Å². The zero-order valence-electron chi connectivity index (χ0n) is 19.4. The maximum Gasteiger partial charge on any atom is 0.264 e. The number of carbonyl (C=O) groups is 1. The molecule has 9 nitrogen and oxygen atoms in total. The van der Waals surface area contributed by atoms with Crippen LogP contribution in [0.25, 0.3) is 0 Å². The first kappa shape index (κ1) is 26.5. The molecular formula is C23H24BrN5O4S2. The maximum atomic E-state index is 12.8. The van der Waals surface area contributed by atoms with Crippen molar-refractivity contribution in [3.63, 3.8) is 0 Å². The molecule has 3 N–H and O–H groups in total. The molecule has 0 aliphatic heterocycles. The van der Waals surface area contributed by atoms with Gasteiger partial charge in [0.05, 0.1) is 16.6 Å². The molecule has 0 unspecified atom stereocenters. The molecule has 0 aliphatic rings. The van der Waals surface area contributed by atoms with Crippen molar-refractivity contribution in [2.75, 3.05) is 10.0 Å². The second kappa shape index (κ2) is 11.1. The highest BCUT2D eigenvalue weighted by molar-refractivity contribution is 9.10. The minimum atomic E-state index is -3.89. The van der Waals surface area contributed by atoms with E-state index in [0.717, 1.165) is 0 Å². The number of sulfonamides is 1. The van der Waals surface area contributed by atoms with Crippen LogP contribution in [0.15, 0.2) is 57.9 Å². The van der Waals surface area contributed by atoms with Crippen molar-refractivity contribution in [1.29, 1.82) is 0 Å². The minimum absolute atomic E-state index is 0.00181. The lowest BCUT2D eigenvalue weighted by Gasteiger charge is -2.15. The predicted octanol–water partition coefficient (Wildman–Crippen LogP) is 4.57. The second-order valence-corrected chi connectivity index (χ2v) is 10.8. The topological polar surface area (TPSA) is 122 Å². The van der Waals surface area contributed by atoms with Gasteiger partial charge in [-0.1, -0.05) is 15.9 Å². The zero-order valence-corrected chi connectivity index (χ0v) is 22.6. The number of halogens is 1. The van der Waals surface area contributed by atoms with E-state index in [1.54, 1.807) is 38.1 Å². The van der Waals surface area contributed by atoms with Crippen LogP contribution < -0.4 is 20.1 Å². The Morgan fingerprint density at radius 2 is 1.66 bits per heavy atom. The first-order valence-electron chi connectivity index (χ1n) is 10.5. The van der Waals surface area contributed by atoms with E-state index in [0.29, 0.717) is 32.9 Å². The Hall–Kier alpha value is -3.09. The van der Waals surface area contributed by atoms with E-state index in [1.165, 1.54) is 24.3 Å². The van der Waals surface area contributed by atoms with Gasteiger partial charge in [-0.2, -0.15) is 0 Å². The minimum Gasteiger partial charge on any atom is -0.490 e. The van der Waals surface area contributed by atoms with E-state index in [4.69, 9.17) is 17.0 Å². The van der Waals surface area contributed by atoms with E-state index in [-0.39, 0.29) is 22.1 Å². The van der Waals surface area contributed by atoms with Crippen LogP contribution in [0.2, 0.25) is 0 Å². The van der Waals surface area contributed by atoms with Gasteiger partial charge < -0.3 is 10.1 Å².